The molecule has 27 heavy (non-hydrogen) atoms. The van der Waals surface area contributed by atoms with Gasteiger partial charge in [0, 0.05) is 32.0 Å². The number of nitrogens with one attached hydrogen (secondary N) is 2. The van der Waals surface area contributed by atoms with Gasteiger partial charge < -0.3 is 10.6 Å². The van der Waals surface area contributed by atoms with E-state index in [-0.39, 0.29) is 30.4 Å². The lowest BCUT2D eigenvalue weighted by atomic mass is 10.1. The molecule has 2 rings (SSSR count). The topological polar surface area (TPSA) is 70.6 Å². The monoisotopic (exact) mass is 399 g/mol. The molecule has 2 N–H and O–H groups in total. The van der Waals surface area contributed by atoms with Crippen LogP contribution in [0.4, 0.5) is 13.2 Å². The number of halogens is 3. The largest absolute Gasteiger partial charge is 0.352 e. The van der Waals surface area contributed by atoms with E-state index in [1.165, 1.54) is 25.2 Å². The Balaban J connectivity index is 2.06. The third-order valence-corrected chi connectivity index (χ3v) is 4.55. The number of guanidine groups is 1. The van der Waals surface area contributed by atoms with Gasteiger partial charge in [0.15, 0.2) is 15.8 Å². The maximum atomic E-state index is 13.7. The molecule has 2 aromatic carbocycles. The summed E-state index contributed by atoms with van der Waals surface area (Å²) >= 11 is 0. The van der Waals surface area contributed by atoms with Crippen molar-refractivity contribution in [2.45, 2.75) is 18.8 Å². The van der Waals surface area contributed by atoms with Gasteiger partial charge in [-0.1, -0.05) is 6.07 Å². The molecule has 0 aliphatic carbocycles. The summed E-state index contributed by atoms with van der Waals surface area (Å²) in [6.45, 7) is 0.0938. The summed E-state index contributed by atoms with van der Waals surface area (Å²) in [5.41, 5.74) is 1.06. The lowest BCUT2D eigenvalue weighted by Crippen LogP contribution is -2.36. The molecule has 0 unspecified atom stereocenters. The van der Waals surface area contributed by atoms with E-state index >= 15 is 0 Å². The predicted octanol–water partition coefficient (Wildman–Crippen LogP) is 2.51. The van der Waals surface area contributed by atoms with E-state index in [4.69, 9.17) is 0 Å². The van der Waals surface area contributed by atoms with Gasteiger partial charge in [0.1, 0.15) is 17.5 Å². The fourth-order valence-corrected chi connectivity index (χ4v) is 3.29. The molecule has 0 bridgehead atoms. The Labute approximate surface area is 156 Å². The average Bonchev–Trinajstić information content (AvgIpc) is 2.59. The van der Waals surface area contributed by atoms with E-state index in [1.807, 2.05) is 0 Å². The molecule has 9 heteroatoms. The molecule has 0 amide bonds. The van der Waals surface area contributed by atoms with Crippen LogP contribution >= 0.6 is 0 Å². The third kappa shape index (κ3) is 6.59. The summed E-state index contributed by atoms with van der Waals surface area (Å²) in [7, 11) is -1.80. The lowest BCUT2D eigenvalue weighted by molar-refractivity contribution is 0.581. The maximum absolute atomic E-state index is 13.7. The molecular formula is C18H20F3N3O2S. The van der Waals surface area contributed by atoms with Gasteiger partial charge in [0.2, 0.25) is 0 Å². The fourth-order valence-electron chi connectivity index (χ4n) is 2.44. The van der Waals surface area contributed by atoms with Crippen LogP contribution in [-0.2, 0) is 28.7 Å². The van der Waals surface area contributed by atoms with Crippen LogP contribution < -0.4 is 10.6 Å². The number of aliphatic imine (C=N–C) groups is 1. The standard InChI is InChI=1S/C18H20F3N3O2S/c1-22-18(24-10-14-8-16(20)5-6-17(14)21)23-9-13-7-15(19)4-3-12(13)11-27(2,25)26/h3-8H,9-11H2,1-2H3,(H2,22,23,24). The van der Waals surface area contributed by atoms with Crippen molar-refractivity contribution < 1.29 is 21.6 Å². The fraction of sp³-hybridized carbons (Fsp3) is 0.278. The van der Waals surface area contributed by atoms with E-state index in [2.05, 4.69) is 15.6 Å². The third-order valence-electron chi connectivity index (χ3n) is 3.71. The highest BCUT2D eigenvalue weighted by Crippen LogP contribution is 2.14. The Bertz CT molecular complexity index is 947. The summed E-state index contributed by atoms with van der Waals surface area (Å²) in [5, 5.41) is 5.73. The maximum Gasteiger partial charge on any atom is 0.191 e. The van der Waals surface area contributed by atoms with Gasteiger partial charge in [-0.25, -0.2) is 21.6 Å². The summed E-state index contributed by atoms with van der Waals surface area (Å²) in [6, 6.07) is 7.00. The zero-order chi connectivity index (χ0) is 20.0. The Morgan fingerprint density at radius 3 is 2.07 bits per heavy atom. The molecule has 0 fully saturated rings. The highest BCUT2D eigenvalue weighted by atomic mass is 32.2. The molecular weight excluding hydrogens is 379 g/mol. The van der Waals surface area contributed by atoms with Crippen molar-refractivity contribution in [3.63, 3.8) is 0 Å². The summed E-state index contributed by atoms with van der Waals surface area (Å²) in [4.78, 5) is 3.96. The van der Waals surface area contributed by atoms with Gasteiger partial charge in [-0.15, -0.1) is 0 Å². The Hall–Kier alpha value is -2.55. The zero-order valence-corrected chi connectivity index (χ0v) is 15.7. The van der Waals surface area contributed by atoms with Gasteiger partial charge in [-0.2, -0.15) is 0 Å². The Kier molecular flexibility index (Phi) is 6.84. The van der Waals surface area contributed by atoms with Crippen LogP contribution in [0.15, 0.2) is 41.4 Å². The zero-order valence-electron chi connectivity index (χ0n) is 14.9. The first-order valence-corrected chi connectivity index (χ1v) is 10.1. The first-order chi connectivity index (χ1) is 12.7. The number of nitrogens with zero attached hydrogens (tertiary/aromatic N) is 1. The lowest BCUT2D eigenvalue weighted by Gasteiger charge is -2.14. The van der Waals surface area contributed by atoms with Crippen molar-refractivity contribution in [1.29, 1.82) is 0 Å². The van der Waals surface area contributed by atoms with Crippen LogP contribution in [0.5, 0.6) is 0 Å². The molecule has 0 heterocycles. The highest BCUT2D eigenvalue weighted by molar-refractivity contribution is 7.89. The van der Waals surface area contributed by atoms with Crippen LogP contribution in [0.2, 0.25) is 0 Å². The minimum Gasteiger partial charge on any atom is -0.352 e. The first-order valence-electron chi connectivity index (χ1n) is 8.01. The molecule has 2 aromatic rings. The summed E-state index contributed by atoms with van der Waals surface area (Å²) < 4.78 is 63.5. The quantitative estimate of drug-likeness (QED) is 0.579. The first kappa shape index (κ1) is 20.8. The van der Waals surface area contributed by atoms with Crippen molar-refractivity contribution in [2.75, 3.05) is 13.3 Å². The molecule has 146 valence electrons. The SMILES string of the molecule is CN=C(NCc1cc(F)ccc1F)NCc1cc(F)ccc1CS(C)(=O)=O. The minimum absolute atomic E-state index is 0.0113. The molecule has 0 aromatic heterocycles. The number of benzene rings is 2. The summed E-state index contributed by atoms with van der Waals surface area (Å²) in [6.07, 6.45) is 1.10. The highest BCUT2D eigenvalue weighted by Gasteiger charge is 2.11. The van der Waals surface area contributed by atoms with Gasteiger partial charge in [-0.3, -0.25) is 4.99 Å². The molecule has 5 nitrogen and oxygen atoms in total. The molecule has 0 spiro atoms. The second kappa shape index (κ2) is 8.90. The van der Waals surface area contributed by atoms with E-state index in [0.717, 1.165) is 24.5 Å². The van der Waals surface area contributed by atoms with Crippen LogP contribution in [0, 0.1) is 17.5 Å². The Morgan fingerprint density at radius 1 is 0.926 bits per heavy atom. The molecule has 0 aliphatic rings. The van der Waals surface area contributed by atoms with Gasteiger partial charge in [0.25, 0.3) is 0 Å². The predicted molar refractivity (Wildman–Crippen MR) is 98.3 cm³/mol. The van der Waals surface area contributed by atoms with Gasteiger partial charge in [0.05, 0.1) is 5.75 Å². The second-order valence-corrected chi connectivity index (χ2v) is 8.14. The smallest absolute Gasteiger partial charge is 0.191 e. The van der Waals surface area contributed by atoms with E-state index in [1.54, 1.807) is 0 Å². The number of hydrogen-bond acceptors (Lipinski definition) is 3. The van der Waals surface area contributed by atoms with Crippen LogP contribution in [-0.4, -0.2) is 27.7 Å². The summed E-state index contributed by atoms with van der Waals surface area (Å²) in [5.74, 6) is -1.55. The van der Waals surface area contributed by atoms with Crippen LogP contribution in [0.3, 0.4) is 0 Å². The van der Waals surface area contributed by atoms with E-state index in [9.17, 15) is 21.6 Å². The van der Waals surface area contributed by atoms with Crippen LogP contribution in [0.25, 0.3) is 0 Å². The second-order valence-electron chi connectivity index (χ2n) is 6.00. The van der Waals surface area contributed by atoms with Crippen molar-refractivity contribution in [2.24, 2.45) is 4.99 Å². The van der Waals surface area contributed by atoms with E-state index in [0.29, 0.717) is 11.1 Å². The molecule has 0 atom stereocenters. The molecule has 0 radical (unpaired) electrons. The van der Waals surface area contributed by atoms with Crippen molar-refractivity contribution >= 4 is 15.8 Å². The van der Waals surface area contributed by atoms with Crippen molar-refractivity contribution in [3.05, 3.63) is 70.5 Å². The van der Waals surface area contributed by atoms with Gasteiger partial charge >= 0.3 is 0 Å². The number of hydrogen-bond donors (Lipinski definition) is 2. The normalized spacial score (nSPS) is 12.1. The van der Waals surface area contributed by atoms with Crippen molar-refractivity contribution in [3.8, 4) is 0 Å². The molecule has 0 saturated heterocycles. The number of sulfone groups is 1. The Morgan fingerprint density at radius 2 is 1.48 bits per heavy atom. The molecule has 0 aliphatic heterocycles. The average molecular weight is 399 g/mol. The van der Waals surface area contributed by atoms with Gasteiger partial charge in [-0.05, 0) is 41.5 Å². The molecule has 0 saturated carbocycles. The minimum atomic E-state index is -3.29. The van der Waals surface area contributed by atoms with Crippen LogP contribution in [0.1, 0.15) is 16.7 Å². The van der Waals surface area contributed by atoms with E-state index < -0.39 is 27.3 Å². The van der Waals surface area contributed by atoms with Crippen molar-refractivity contribution in [1.82, 2.24) is 10.6 Å². The number of rotatable bonds is 6.